The summed E-state index contributed by atoms with van der Waals surface area (Å²) in [5.74, 6) is -8.73. The Labute approximate surface area is 287 Å². The number of aryl methyl sites for hydroxylation is 1. The minimum Gasteiger partial charge on any atom is -0.507 e. The summed E-state index contributed by atoms with van der Waals surface area (Å²) >= 11 is 0. The Balaban J connectivity index is 1.53. The number of nitrogens with zero attached hydrogens (tertiary/aromatic N) is 2. The van der Waals surface area contributed by atoms with Crippen molar-refractivity contribution >= 4 is 40.5 Å². The number of aliphatic hydroxyl groups is 1. The molecule has 1 heterocycles. The van der Waals surface area contributed by atoms with Crippen LogP contribution in [0.25, 0.3) is 0 Å². The number of nitrogens with one attached hydrogen (secondary N) is 1. The minimum atomic E-state index is -3.34. The van der Waals surface area contributed by atoms with E-state index < -0.39 is 128 Å². The van der Waals surface area contributed by atoms with E-state index in [1.165, 1.54) is 27.2 Å². The second-order valence-electron chi connectivity index (χ2n) is 12.3. The first-order chi connectivity index (χ1) is 24.1. The van der Waals surface area contributed by atoms with Gasteiger partial charge in [-0.25, -0.2) is 4.79 Å². The summed E-state index contributed by atoms with van der Waals surface area (Å²) in [7, 11) is 3.48. The molecule has 2 aromatic rings. The lowest BCUT2D eigenvalue weighted by molar-refractivity contribution is -0.129. The third-order valence-corrected chi connectivity index (χ3v) is 9.85. The van der Waals surface area contributed by atoms with Gasteiger partial charge in [0.15, 0.2) is 17.6 Å². The summed E-state index contributed by atoms with van der Waals surface area (Å²) in [4.78, 5) is 68.7. The van der Waals surface area contributed by atoms with Crippen LogP contribution in [0.15, 0.2) is 34.2 Å². The van der Waals surface area contributed by atoms with Gasteiger partial charge >= 0.3 is 5.97 Å². The van der Waals surface area contributed by atoms with Gasteiger partial charge in [0.25, 0.3) is 0 Å². The highest BCUT2D eigenvalue weighted by atomic mass is 16.6. The van der Waals surface area contributed by atoms with E-state index in [0.29, 0.717) is 0 Å². The van der Waals surface area contributed by atoms with Crippen molar-refractivity contribution in [3.63, 3.8) is 0 Å². The summed E-state index contributed by atoms with van der Waals surface area (Å²) in [6.07, 6.45) is -3.71. The Morgan fingerprint density at radius 3 is 2.20 bits per heavy atom. The number of allylic oxidation sites excluding steroid dienone is 2. The van der Waals surface area contributed by atoms with Crippen LogP contribution in [0.3, 0.4) is 0 Å². The highest BCUT2D eigenvalue weighted by Crippen LogP contribution is 2.55. The van der Waals surface area contributed by atoms with E-state index in [9.17, 15) is 54.8 Å². The van der Waals surface area contributed by atoms with E-state index in [4.69, 9.17) is 18.9 Å². The molecule has 0 spiro atoms. The van der Waals surface area contributed by atoms with Crippen LogP contribution in [0.2, 0.25) is 0 Å². The number of phenols is 2. The van der Waals surface area contributed by atoms with Crippen molar-refractivity contribution in [2.45, 2.75) is 56.0 Å². The fourth-order valence-corrected chi connectivity index (χ4v) is 7.67. The van der Waals surface area contributed by atoms with Crippen molar-refractivity contribution < 1.29 is 73.8 Å². The van der Waals surface area contributed by atoms with Gasteiger partial charge in [-0.1, -0.05) is 16.4 Å². The quantitative estimate of drug-likeness (QED) is 0.160. The molecule has 2 aromatic carbocycles. The molecule has 1 fully saturated rings. The third kappa shape index (κ3) is 4.44. The van der Waals surface area contributed by atoms with Crippen LogP contribution in [-0.4, -0.2) is 123 Å². The van der Waals surface area contributed by atoms with E-state index in [-0.39, 0.29) is 16.8 Å². The third-order valence-electron chi connectivity index (χ3n) is 9.85. The molecule has 0 bridgehead atoms. The largest absolute Gasteiger partial charge is 0.507 e. The molecule has 1 saturated heterocycles. The predicted molar refractivity (Wildman–Crippen MR) is 168 cm³/mol. The van der Waals surface area contributed by atoms with Crippen molar-refractivity contribution in [1.29, 1.82) is 0 Å². The van der Waals surface area contributed by atoms with Gasteiger partial charge < -0.3 is 55.1 Å². The number of ether oxygens (including phenoxy) is 4. The van der Waals surface area contributed by atoms with Gasteiger partial charge in [-0.3, -0.25) is 19.2 Å². The van der Waals surface area contributed by atoms with E-state index in [1.54, 1.807) is 6.92 Å². The lowest BCUT2D eigenvalue weighted by Crippen LogP contribution is -2.71. The van der Waals surface area contributed by atoms with Crippen LogP contribution in [-0.2, 0) is 31.0 Å². The molecule has 0 aromatic heterocycles. The predicted octanol–water partition coefficient (Wildman–Crippen LogP) is 0.600. The normalized spacial score (nSPS) is 30.0. The Bertz CT molecular complexity index is 2070. The summed E-state index contributed by atoms with van der Waals surface area (Å²) in [5, 5.41) is 73.9. The number of Topliss-reactive ketones (excluding diaryl/α,β-unsaturated/α-hetero) is 3. The number of phenolic OH excluding ortho intramolecular Hbond substituents is 1. The molecule has 0 radical (unpaired) electrons. The first kappa shape index (κ1) is 35.3. The molecular formula is C33H31N3O15. The smallest absolute Gasteiger partial charge is 0.339 e. The Hall–Kier alpha value is -5.53. The van der Waals surface area contributed by atoms with Crippen molar-refractivity contribution in [3.05, 3.63) is 68.4 Å². The van der Waals surface area contributed by atoms with Gasteiger partial charge in [-0.15, -0.1) is 0 Å². The fourth-order valence-electron chi connectivity index (χ4n) is 7.67. The summed E-state index contributed by atoms with van der Waals surface area (Å²) < 4.78 is 22.1. The second-order valence-corrected chi connectivity index (χ2v) is 12.3. The number of methoxy groups -OCH3 is 3. The Kier molecular flexibility index (Phi) is 8.35. The maximum atomic E-state index is 14.6. The van der Waals surface area contributed by atoms with Crippen LogP contribution >= 0.6 is 0 Å². The van der Waals surface area contributed by atoms with Crippen LogP contribution in [0.1, 0.15) is 75.4 Å². The summed E-state index contributed by atoms with van der Waals surface area (Å²) in [6.45, 7) is 2.92. The number of rotatable bonds is 6. The van der Waals surface area contributed by atoms with Crippen molar-refractivity contribution in [2.75, 3.05) is 21.3 Å². The zero-order valence-corrected chi connectivity index (χ0v) is 27.5. The molecule has 6 atom stereocenters. The minimum absolute atomic E-state index is 0.000539. The molecule has 6 rings (SSSR count). The number of fused-ring (bicyclic) bond motifs is 5. The SMILES string of the molecule is CO[C@@H]1/C(=N/O)[C@@H](OC)[C@@H](NC2=CC(=O)c3c(cc4c(c3O)C(=O)C3(OC)/C(=N\O)Cc5cc(C)c(C(=O)O)c(O)c5C3(O)C4=O)C2=O)O[C@H]1C. The topological polar surface area (TPSA) is 280 Å². The van der Waals surface area contributed by atoms with Crippen molar-refractivity contribution in [2.24, 2.45) is 10.3 Å². The molecule has 18 heteroatoms. The number of carbonyl (C=O) groups is 5. The van der Waals surface area contributed by atoms with E-state index >= 15 is 0 Å². The van der Waals surface area contributed by atoms with Crippen LogP contribution in [0.4, 0.5) is 0 Å². The molecule has 51 heavy (non-hydrogen) atoms. The van der Waals surface area contributed by atoms with E-state index in [2.05, 4.69) is 15.6 Å². The molecule has 7 N–H and O–H groups in total. The number of ketones is 4. The first-order valence-corrected chi connectivity index (χ1v) is 15.2. The number of oxime groups is 2. The van der Waals surface area contributed by atoms with Gasteiger partial charge in [0.05, 0.1) is 22.9 Å². The average molecular weight is 710 g/mol. The average Bonchev–Trinajstić information content (AvgIpc) is 3.08. The number of aromatic carboxylic acids is 1. The molecule has 18 nitrogen and oxygen atoms in total. The molecule has 1 aliphatic heterocycles. The maximum absolute atomic E-state index is 14.6. The number of carboxylic acids is 1. The van der Waals surface area contributed by atoms with Gasteiger partial charge in [0.1, 0.15) is 40.7 Å². The van der Waals surface area contributed by atoms with Gasteiger partial charge in [-0.05, 0) is 31.0 Å². The highest BCUT2D eigenvalue weighted by molar-refractivity contribution is 6.36. The highest BCUT2D eigenvalue weighted by Gasteiger charge is 2.72. The number of hydrogen-bond donors (Lipinski definition) is 7. The number of carboxylic acid groups (broad SMARTS) is 1. The Morgan fingerprint density at radius 1 is 0.961 bits per heavy atom. The lowest BCUT2D eigenvalue weighted by Gasteiger charge is -2.50. The zero-order valence-electron chi connectivity index (χ0n) is 27.5. The number of benzene rings is 2. The summed E-state index contributed by atoms with van der Waals surface area (Å²) in [6, 6.07) is 2.01. The number of hydrogen-bond acceptors (Lipinski definition) is 17. The van der Waals surface area contributed by atoms with Crippen LogP contribution < -0.4 is 5.32 Å². The number of aromatic hydroxyl groups is 2. The monoisotopic (exact) mass is 709 g/mol. The lowest BCUT2D eigenvalue weighted by atomic mass is 9.57. The van der Waals surface area contributed by atoms with Gasteiger partial charge in [0.2, 0.25) is 23.0 Å². The van der Waals surface area contributed by atoms with Crippen molar-refractivity contribution in [3.8, 4) is 11.5 Å². The van der Waals surface area contributed by atoms with Gasteiger partial charge in [0, 0.05) is 50.5 Å². The molecule has 268 valence electrons. The molecule has 0 saturated carbocycles. The molecule has 3 aliphatic carbocycles. The van der Waals surface area contributed by atoms with Crippen LogP contribution in [0.5, 0.6) is 11.5 Å². The molecular weight excluding hydrogens is 678 g/mol. The van der Waals surface area contributed by atoms with Crippen LogP contribution in [0, 0.1) is 6.92 Å². The molecule has 4 aliphatic rings. The van der Waals surface area contributed by atoms with Gasteiger partial charge in [-0.2, -0.15) is 0 Å². The number of carbonyl (C=O) groups excluding carboxylic acids is 4. The summed E-state index contributed by atoms with van der Waals surface area (Å²) in [5.41, 5.74) is -11.9. The fraction of sp³-hybridized carbons (Fsp3) is 0.364. The van der Waals surface area contributed by atoms with E-state index in [0.717, 1.165) is 19.3 Å². The maximum Gasteiger partial charge on any atom is 0.339 e. The zero-order chi connectivity index (χ0) is 37.5. The molecule has 2 unspecified atom stereocenters. The first-order valence-electron chi connectivity index (χ1n) is 15.2. The molecule has 0 amide bonds. The second kappa shape index (κ2) is 12.1. The standard InChI is InChI=1S/C33H31N3O15/c1-10-6-12-7-17(35-46)33(50-5)29(42)20-14(28(41)32(33,45)21(12)25(40)18(10)31(43)44)8-13-19(24(20)39)16(37)9-15(23(13)38)34-30-27(49-4)22(36-47)26(48-3)11(2)51-30/h6,8-9,11,26-27,30,34,39-40,45-47H,7H2,1-5H3,(H,43,44)/b35-17-,36-22-/t11-,26-,27+,30-,32?,33?/m0/s1. The van der Waals surface area contributed by atoms with E-state index in [1.807, 2.05) is 0 Å². The Morgan fingerprint density at radius 2 is 1.63 bits per heavy atom. The van der Waals surface area contributed by atoms with Crippen molar-refractivity contribution in [1.82, 2.24) is 5.32 Å².